The number of hydrogen-bond donors (Lipinski definition) is 1. The summed E-state index contributed by atoms with van der Waals surface area (Å²) < 4.78 is 11.2. The Hall–Kier alpha value is -0.770. The van der Waals surface area contributed by atoms with Gasteiger partial charge in [0.25, 0.3) is 0 Å². The Balaban J connectivity index is 2.50. The van der Waals surface area contributed by atoms with Crippen LogP contribution < -0.4 is 5.32 Å². The molecule has 1 amide bonds. The van der Waals surface area contributed by atoms with E-state index in [1.165, 1.54) is 0 Å². The molecule has 1 aliphatic heterocycles. The summed E-state index contributed by atoms with van der Waals surface area (Å²) in [5.41, 5.74) is -0.514. The van der Waals surface area contributed by atoms with Crippen LogP contribution in [0.5, 0.6) is 0 Å². The van der Waals surface area contributed by atoms with E-state index in [-0.39, 0.29) is 17.7 Å². The summed E-state index contributed by atoms with van der Waals surface area (Å²) in [6.45, 7) is 10.6. The van der Waals surface area contributed by atoms with Crippen molar-refractivity contribution in [3.63, 3.8) is 0 Å². The van der Waals surface area contributed by atoms with Gasteiger partial charge in [0.2, 0.25) is 0 Å². The van der Waals surface area contributed by atoms with Crippen LogP contribution in [0.25, 0.3) is 0 Å². The smallest absolute Gasteiger partial charge is 0.407 e. The molecule has 1 aliphatic rings. The molecule has 0 bridgehead atoms. The van der Waals surface area contributed by atoms with E-state index in [9.17, 15) is 4.79 Å². The third-order valence-electron chi connectivity index (χ3n) is 3.50. The van der Waals surface area contributed by atoms with Crippen molar-refractivity contribution in [1.29, 1.82) is 0 Å². The first-order chi connectivity index (χ1) is 8.30. The number of carbonyl (C=O) groups excluding carboxylic acids is 1. The van der Waals surface area contributed by atoms with Gasteiger partial charge in [0.05, 0.1) is 5.60 Å². The topological polar surface area (TPSA) is 47.6 Å². The number of carbonyl (C=O) groups is 1. The first-order valence-electron chi connectivity index (χ1n) is 6.94. The average Bonchev–Trinajstić information content (AvgIpc) is 2.26. The van der Waals surface area contributed by atoms with E-state index < -0.39 is 5.60 Å². The average molecular weight is 257 g/mol. The fourth-order valence-electron chi connectivity index (χ4n) is 2.37. The van der Waals surface area contributed by atoms with Gasteiger partial charge in [-0.25, -0.2) is 4.79 Å². The summed E-state index contributed by atoms with van der Waals surface area (Å²) in [5.74, 6) is 0. The standard InChI is InChI=1S/C14H27NO3/c1-6-14(7-2)10-11(8-9-17-14)15-12(16)18-13(3,4)5/h11H,6-10H2,1-5H3,(H,15,16). The lowest BCUT2D eigenvalue weighted by Crippen LogP contribution is -2.49. The van der Waals surface area contributed by atoms with Crippen LogP contribution in [-0.2, 0) is 9.47 Å². The molecule has 0 radical (unpaired) electrons. The summed E-state index contributed by atoms with van der Waals surface area (Å²) in [6.07, 6.45) is 3.38. The molecule has 1 unspecified atom stereocenters. The second-order valence-electron chi connectivity index (χ2n) is 6.07. The predicted molar refractivity (Wildman–Crippen MR) is 71.7 cm³/mol. The van der Waals surface area contributed by atoms with Gasteiger partial charge in [0, 0.05) is 12.6 Å². The molecule has 1 rings (SSSR count). The Bertz CT molecular complexity index is 279. The molecule has 1 N–H and O–H groups in total. The maximum atomic E-state index is 11.7. The van der Waals surface area contributed by atoms with Crippen LogP contribution in [0, 0.1) is 0 Å². The summed E-state index contributed by atoms with van der Waals surface area (Å²) >= 11 is 0. The SMILES string of the molecule is CCC1(CC)CC(NC(=O)OC(C)(C)C)CCO1. The fourth-order valence-corrected chi connectivity index (χ4v) is 2.37. The molecule has 0 aromatic heterocycles. The molecule has 0 saturated carbocycles. The largest absolute Gasteiger partial charge is 0.444 e. The molecular weight excluding hydrogens is 230 g/mol. The lowest BCUT2D eigenvalue weighted by Gasteiger charge is -2.40. The van der Waals surface area contributed by atoms with Crippen molar-refractivity contribution in [1.82, 2.24) is 5.32 Å². The Labute approximate surface area is 110 Å². The summed E-state index contributed by atoms with van der Waals surface area (Å²) in [7, 11) is 0. The van der Waals surface area contributed by atoms with Gasteiger partial charge >= 0.3 is 6.09 Å². The first kappa shape index (κ1) is 15.3. The highest BCUT2D eigenvalue weighted by Crippen LogP contribution is 2.31. The molecule has 1 fully saturated rings. The Morgan fingerprint density at radius 1 is 1.39 bits per heavy atom. The minimum atomic E-state index is -0.443. The van der Waals surface area contributed by atoms with E-state index in [4.69, 9.17) is 9.47 Å². The van der Waals surface area contributed by atoms with Gasteiger partial charge in [0.1, 0.15) is 5.60 Å². The minimum absolute atomic E-state index is 0.0715. The molecule has 0 aromatic carbocycles. The zero-order valence-electron chi connectivity index (χ0n) is 12.3. The van der Waals surface area contributed by atoms with Gasteiger partial charge in [-0.15, -0.1) is 0 Å². The Morgan fingerprint density at radius 3 is 2.50 bits per heavy atom. The van der Waals surface area contributed by atoms with E-state index in [2.05, 4.69) is 19.2 Å². The van der Waals surface area contributed by atoms with E-state index in [0.29, 0.717) is 6.61 Å². The molecule has 106 valence electrons. The molecule has 4 nitrogen and oxygen atoms in total. The molecule has 18 heavy (non-hydrogen) atoms. The molecule has 1 heterocycles. The van der Waals surface area contributed by atoms with Crippen LogP contribution in [0.2, 0.25) is 0 Å². The molecule has 1 saturated heterocycles. The van der Waals surface area contributed by atoms with Crippen LogP contribution >= 0.6 is 0 Å². The Morgan fingerprint density at radius 2 is 2.00 bits per heavy atom. The zero-order chi connectivity index (χ0) is 13.8. The third-order valence-corrected chi connectivity index (χ3v) is 3.50. The fraction of sp³-hybridized carbons (Fsp3) is 0.929. The second kappa shape index (κ2) is 5.91. The van der Waals surface area contributed by atoms with Crippen molar-refractivity contribution >= 4 is 6.09 Å². The van der Waals surface area contributed by atoms with Crippen molar-refractivity contribution in [3.8, 4) is 0 Å². The van der Waals surface area contributed by atoms with Gasteiger partial charge in [-0.2, -0.15) is 0 Å². The molecule has 1 atom stereocenters. The van der Waals surface area contributed by atoms with Gasteiger partial charge in [0.15, 0.2) is 0 Å². The number of nitrogens with one attached hydrogen (secondary N) is 1. The first-order valence-corrected chi connectivity index (χ1v) is 6.94. The van der Waals surface area contributed by atoms with Crippen molar-refractivity contribution in [2.75, 3.05) is 6.61 Å². The van der Waals surface area contributed by atoms with Gasteiger partial charge in [-0.1, -0.05) is 13.8 Å². The Kier molecular flexibility index (Phi) is 5.02. The number of amides is 1. The van der Waals surface area contributed by atoms with Crippen LogP contribution in [0.15, 0.2) is 0 Å². The highest BCUT2D eigenvalue weighted by molar-refractivity contribution is 5.68. The zero-order valence-corrected chi connectivity index (χ0v) is 12.3. The molecular formula is C14H27NO3. The summed E-state index contributed by atoms with van der Waals surface area (Å²) in [6, 6.07) is 0.161. The molecule has 0 aromatic rings. The highest BCUT2D eigenvalue weighted by atomic mass is 16.6. The van der Waals surface area contributed by atoms with Crippen LogP contribution in [-0.4, -0.2) is 29.9 Å². The lowest BCUT2D eigenvalue weighted by molar-refractivity contribution is -0.0929. The summed E-state index contributed by atoms with van der Waals surface area (Å²) in [5, 5.41) is 2.96. The van der Waals surface area contributed by atoms with Crippen LogP contribution in [0.4, 0.5) is 4.79 Å². The van der Waals surface area contributed by atoms with Crippen molar-refractivity contribution in [3.05, 3.63) is 0 Å². The molecule has 0 spiro atoms. The van der Waals surface area contributed by atoms with Gasteiger partial charge in [-0.05, 0) is 46.5 Å². The van der Waals surface area contributed by atoms with E-state index in [1.54, 1.807) is 0 Å². The molecule has 4 heteroatoms. The second-order valence-corrected chi connectivity index (χ2v) is 6.07. The number of ether oxygens (including phenoxy) is 2. The van der Waals surface area contributed by atoms with Gasteiger partial charge in [-0.3, -0.25) is 0 Å². The van der Waals surface area contributed by atoms with Crippen molar-refractivity contribution < 1.29 is 14.3 Å². The molecule has 0 aliphatic carbocycles. The van der Waals surface area contributed by atoms with E-state index in [0.717, 1.165) is 25.7 Å². The maximum absolute atomic E-state index is 11.7. The normalized spacial score (nSPS) is 23.5. The van der Waals surface area contributed by atoms with Crippen molar-refractivity contribution in [2.45, 2.75) is 77.5 Å². The third kappa shape index (κ3) is 4.48. The summed E-state index contributed by atoms with van der Waals surface area (Å²) in [4.78, 5) is 11.7. The lowest BCUT2D eigenvalue weighted by atomic mass is 9.86. The van der Waals surface area contributed by atoms with Crippen LogP contribution in [0.3, 0.4) is 0 Å². The number of rotatable bonds is 3. The van der Waals surface area contributed by atoms with Crippen molar-refractivity contribution in [2.24, 2.45) is 0 Å². The minimum Gasteiger partial charge on any atom is -0.444 e. The van der Waals surface area contributed by atoms with Crippen LogP contribution in [0.1, 0.15) is 60.3 Å². The quantitative estimate of drug-likeness (QED) is 0.844. The number of alkyl carbamates (subject to hydrolysis) is 1. The predicted octanol–water partition coefficient (Wildman–Crippen LogP) is 3.25. The van der Waals surface area contributed by atoms with Gasteiger partial charge < -0.3 is 14.8 Å². The van der Waals surface area contributed by atoms with E-state index in [1.807, 2.05) is 20.8 Å². The van der Waals surface area contributed by atoms with E-state index >= 15 is 0 Å². The maximum Gasteiger partial charge on any atom is 0.407 e. The number of hydrogen-bond acceptors (Lipinski definition) is 3. The monoisotopic (exact) mass is 257 g/mol. The highest BCUT2D eigenvalue weighted by Gasteiger charge is 2.35.